The van der Waals surface area contributed by atoms with Gasteiger partial charge in [0.2, 0.25) is 0 Å². The van der Waals surface area contributed by atoms with Gasteiger partial charge in [-0.2, -0.15) is 0 Å². The lowest BCUT2D eigenvalue weighted by molar-refractivity contribution is -0.134. The minimum absolute atomic E-state index is 0.0376. The summed E-state index contributed by atoms with van der Waals surface area (Å²) in [6.45, 7) is 0. The average molecular weight is 414 g/mol. The summed E-state index contributed by atoms with van der Waals surface area (Å²) in [6.07, 6.45) is 0.627. The normalized spacial score (nSPS) is 30.6. The van der Waals surface area contributed by atoms with E-state index in [1.807, 2.05) is 0 Å². The van der Waals surface area contributed by atoms with E-state index in [1.165, 1.54) is 20.3 Å². The molecule has 9 nitrogen and oxygen atoms in total. The minimum Gasteiger partial charge on any atom is -0.508 e. The monoisotopic (exact) mass is 414 g/mol. The van der Waals surface area contributed by atoms with Gasteiger partial charge in [-0.15, -0.1) is 0 Å². The fourth-order valence-electron chi connectivity index (χ4n) is 5.21. The fourth-order valence-corrected chi connectivity index (χ4v) is 5.21. The number of allylic oxidation sites excluding steroid dienone is 1. The number of amides is 1. The number of primary amides is 1. The number of ketones is 2. The number of Topliss-reactive ketones (excluding diaryl/α,β-unsaturated/α-hetero) is 2. The van der Waals surface area contributed by atoms with Gasteiger partial charge in [0.1, 0.15) is 22.8 Å². The summed E-state index contributed by atoms with van der Waals surface area (Å²) in [5, 5.41) is 21.3. The molecule has 158 valence electrons. The maximum absolute atomic E-state index is 13.4. The van der Waals surface area contributed by atoms with Crippen LogP contribution in [0.1, 0.15) is 22.3 Å². The van der Waals surface area contributed by atoms with Gasteiger partial charge in [-0.25, -0.2) is 0 Å². The standard InChI is InChI=1S/C21H22N2O7/c1-29-19-13-9(6-8-4-3-5-11(24)12(8)16(13)25)7-10-15(22)17(26)14(20(23)28)18(27)21(10,19)30-2/h3-5,9-10,15,24,27H,6-7,22H2,1-2H3,(H2,23,28)/t9-,10-,15+,21+/m0/s1. The molecular weight excluding hydrogens is 392 g/mol. The molecule has 4 rings (SSSR count). The zero-order chi connectivity index (χ0) is 22.0. The number of aliphatic hydroxyl groups excluding tert-OH is 1. The quantitative estimate of drug-likeness (QED) is 0.512. The van der Waals surface area contributed by atoms with Crippen molar-refractivity contribution in [2.75, 3.05) is 14.2 Å². The number of ether oxygens (including phenoxy) is 2. The summed E-state index contributed by atoms with van der Waals surface area (Å²) in [7, 11) is 2.57. The Bertz CT molecular complexity index is 1060. The number of hydrogen-bond donors (Lipinski definition) is 4. The molecule has 0 fully saturated rings. The van der Waals surface area contributed by atoms with Gasteiger partial charge in [0.05, 0.1) is 18.7 Å². The Labute approximate surface area is 171 Å². The summed E-state index contributed by atoms with van der Waals surface area (Å²) in [4.78, 5) is 38.0. The molecule has 30 heavy (non-hydrogen) atoms. The Balaban J connectivity index is 2.05. The Kier molecular flexibility index (Phi) is 4.48. The molecule has 0 aromatic heterocycles. The predicted octanol–water partition coefficient (Wildman–Crippen LogP) is 0.260. The number of rotatable bonds is 3. The number of aromatic hydroxyl groups is 1. The van der Waals surface area contributed by atoms with E-state index in [4.69, 9.17) is 20.9 Å². The topological polar surface area (TPSA) is 162 Å². The number of fused-ring (bicyclic) bond motifs is 3. The van der Waals surface area contributed by atoms with E-state index in [2.05, 4.69) is 0 Å². The van der Waals surface area contributed by atoms with Gasteiger partial charge in [0.25, 0.3) is 5.91 Å². The van der Waals surface area contributed by atoms with Gasteiger partial charge < -0.3 is 31.2 Å². The molecule has 0 bridgehead atoms. The van der Waals surface area contributed by atoms with Crippen LogP contribution in [-0.4, -0.2) is 53.5 Å². The number of nitrogens with two attached hydrogens (primary N) is 2. The first kappa shape index (κ1) is 20.1. The van der Waals surface area contributed by atoms with Crippen molar-refractivity contribution in [1.82, 2.24) is 0 Å². The highest BCUT2D eigenvalue weighted by molar-refractivity contribution is 6.22. The van der Waals surface area contributed by atoms with E-state index in [0.29, 0.717) is 12.0 Å². The van der Waals surface area contributed by atoms with Gasteiger partial charge in [-0.05, 0) is 30.4 Å². The second kappa shape index (κ2) is 6.68. The van der Waals surface area contributed by atoms with Crippen molar-refractivity contribution in [2.24, 2.45) is 23.3 Å². The second-order valence-electron chi connectivity index (χ2n) is 7.75. The number of phenolic OH excluding ortho intramolecular Hbond substituents is 1. The lowest BCUT2D eigenvalue weighted by atomic mass is 9.59. The highest BCUT2D eigenvalue weighted by Crippen LogP contribution is 2.54. The summed E-state index contributed by atoms with van der Waals surface area (Å²) < 4.78 is 11.2. The molecule has 1 aromatic carbocycles. The van der Waals surface area contributed by atoms with Gasteiger partial charge >= 0.3 is 0 Å². The molecule has 1 amide bonds. The molecule has 6 N–H and O–H groups in total. The van der Waals surface area contributed by atoms with Crippen molar-refractivity contribution in [3.63, 3.8) is 0 Å². The van der Waals surface area contributed by atoms with Crippen LogP contribution in [0.25, 0.3) is 0 Å². The zero-order valence-electron chi connectivity index (χ0n) is 16.5. The van der Waals surface area contributed by atoms with E-state index in [1.54, 1.807) is 12.1 Å². The van der Waals surface area contributed by atoms with E-state index < -0.39 is 46.4 Å². The molecule has 3 aliphatic rings. The molecule has 0 aliphatic heterocycles. The Hall–Kier alpha value is -3.17. The first-order valence-corrected chi connectivity index (χ1v) is 9.43. The number of methoxy groups -OCH3 is 2. The van der Waals surface area contributed by atoms with E-state index in [-0.39, 0.29) is 35.0 Å². The number of hydrogen-bond acceptors (Lipinski definition) is 8. The van der Waals surface area contributed by atoms with Crippen LogP contribution in [0.4, 0.5) is 0 Å². The van der Waals surface area contributed by atoms with Crippen molar-refractivity contribution >= 4 is 17.5 Å². The van der Waals surface area contributed by atoms with E-state index in [0.717, 1.165) is 0 Å². The zero-order valence-corrected chi connectivity index (χ0v) is 16.5. The largest absolute Gasteiger partial charge is 0.508 e. The smallest absolute Gasteiger partial charge is 0.255 e. The number of carbonyl (C=O) groups is 3. The Morgan fingerprint density at radius 2 is 1.93 bits per heavy atom. The first-order valence-electron chi connectivity index (χ1n) is 9.43. The maximum atomic E-state index is 13.4. The van der Waals surface area contributed by atoms with Crippen LogP contribution in [0.5, 0.6) is 5.75 Å². The van der Waals surface area contributed by atoms with Crippen molar-refractivity contribution < 1.29 is 34.1 Å². The highest BCUT2D eigenvalue weighted by Gasteiger charge is 2.62. The van der Waals surface area contributed by atoms with Gasteiger partial charge in [-0.1, -0.05) is 12.1 Å². The first-order chi connectivity index (χ1) is 14.2. The molecule has 0 spiro atoms. The van der Waals surface area contributed by atoms with Gasteiger partial charge in [-0.3, -0.25) is 14.4 Å². The SMILES string of the molecule is COC1=C2C(=O)c3c(O)cccc3C[C@H]2C[C@H]2[C@@H](N)C(=O)C(C(N)=O)=C(O)[C@@]12OC. The average Bonchev–Trinajstić information content (AvgIpc) is 2.70. The number of carbonyl (C=O) groups excluding carboxylic acids is 3. The van der Waals surface area contributed by atoms with Crippen LogP contribution in [0.2, 0.25) is 0 Å². The second-order valence-corrected chi connectivity index (χ2v) is 7.75. The number of benzene rings is 1. The Morgan fingerprint density at radius 3 is 2.53 bits per heavy atom. The van der Waals surface area contributed by atoms with Crippen LogP contribution in [0.15, 0.2) is 40.9 Å². The summed E-state index contributed by atoms with van der Waals surface area (Å²) in [5.41, 5.74) is 10.1. The van der Waals surface area contributed by atoms with Crippen LogP contribution in [0.3, 0.4) is 0 Å². The Morgan fingerprint density at radius 1 is 1.23 bits per heavy atom. The molecule has 3 aliphatic carbocycles. The number of phenols is 1. The van der Waals surface area contributed by atoms with Crippen molar-refractivity contribution in [2.45, 2.75) is 24.5 Å². The number of aliphatic hydroxyl groups is 1. The van der Waals surface area contributed by atoms with E-state index in [9.17, 15) is 24.6 Å². The summed E-state index contributed by atoms with van der Waals surface area (Å²) >= 11 is 0. The van der Waals surface area contributed by atoms with Crippen LogP contribution < -0.4 is 11.5 Å². The summed E-state index contributed by atoms with van der Waals surface area (Å²) in [6, 6.07) is 3.62. The third kappa shape index (κ3) is 2.33. The van der Waals surface area contributed by atoms with Gasteiger partial charge in [0.15, 0.2) is 17.2 Å². The minimum atomic E-state index is -1.82. The van der Waals surface area contributed by atoms with Crippen molar-refractivity contribution in [1.29, 1.82) is 0 Å². The maximum Gasteiger partial charge on any atom is 0.255 e. The third-order valence-electron chi connectivity index (χ3n) is 6.46. The predicted molar refractivity (Wildman–Crippen MR) is 103 cm³/mol. The molecular formula is C21H22N2O7. The molecule has 0 unspecified atom stereocenters. The van der Waals surface area contributed by atoms with Crippen molar-refractivity contribution in [3.05, 3.63) is 52.0 Å². The fraction of sp³-hybridized carbons (Fsp3) is 0.381. The molecule has 4 atom stereocenters. The lowest BCUT2D eigenvalue weighted by Crippen LogP contribution is -2.63. The van der Waals surface area contributed by atoms with Crippen LogP contribution in [0, 0.1) is 11.8 Å². The van der Waals surface area contributed by atoms with Gasteiger partial charge in [0, 0.05) is 18.6 Å². The van der Waals surface area contributed by atoms with Crippen LogP contribution >= 0.6 is 0 Å². The third-order valence-corrected chi connectivity index (χ3v) is 6.46. The van der Waals surface area contributed by atoms with E-state index >= 15 is 0 Å². The molecule has 0 saturated carbocycles. The van der Waals surface area contributed by atoms with Crippen LogP contribution in [-0.2, 0) is 25.5 Å². The van der Waals surface area contributed by atoms with Crippen molar-refractivity contribution in [3.8, 4) is 5.75 Å². The lowest BCUT2D eigenvalue weighted by Gasteiger charge is -2.50. The molecule has 1 aromatic rings. The molecule has 9 heteroatoms. The highest BCUT2D eigenvalue weighted by atomic mass is 16.5. The molecule has 0 heterocycles. The summed E-state index contributed by atoms with van der Waals surface area (Å²) in [5.74, 6) is -4.49. The molecule has 0 saturated heterocycles. The molecule has 0 radical (unpaired) electrons.